The topological polar surface area (TPSA) is 50.4 Å². The van der Waals surface area contributed by atoms with Gasteiger partial charge in [0.25, 0.3) is 0 Å². The van der Waals surface area contributed by atoms with Gasteiger partial charge in [-0.05, 0) is 48.3 Å². The Morgan fingerprint density at radius 2 is 1.80 bits per heavy atom. The number of carbonyl (C=O) groups excluding carboxylic acids is 1. The number of rotatable bonds is 6. The number of para-hydroxylation sites is 2. The third-order valence-electron chi connectivity index (χ3n) is 3.57. The van der Waals surface area contributed by atoms with Crippen LogP contribution in [-0.2, 0) is 11.2 Å². The van der Waals surface area contributed by atoms with Gasteiger partial charge in [0.2, 0.25) is 5.91 Å². The van der Waals surface area contributed by atoms with E-state index in [0.29, 0.717) is 24.7 Å². The molecule has 1 amide bonds. The average Bonchev–Trinajstić information content (AvgIpc) is 2.56. The van der Waals surface area contributed by atoms with Gasteiger partial charge in [0.15, 0.2) is 5.11 Å². The van der Waals surface area contributed by atoms with Crippen LogP contribution in [0.5, 0.6) is 5.75 Å². The molecule has 2 aromatic rings. The summed E-state index contributed by atoms with van der Waals surface area (Å²) in [6.07, 6.45) is 0.292. The predicted molar refractivity (Wildman–Crippen MR) is 106 cm³/mol. The number of thiocarbonyl (C=S) groups is 1. The number of carbonyl (C=O) groups is 1. The Balaban J connectivity index is 1.94. The molecule has 2 aromatic carbocycles. The summed E-state index contributed by atoms with van der Waals surface area (Å²) in [6.45, 7) is 6.78. The molecular formula is C20H24N2O2S. The monoisotopic (exact) mass is 356 g/mol. The molecule has 0 saturated heterocycles. The van der Waals surface area contributed by atoms with Gasteiger partial charge in [0, 0.05) is 0 Å². The minimum Gasteiger partial charge on any atom is -0.491 e. The Kier molecular flexibility index (Phi) is 6.95. The van der Waals surface area contributed by atoms with Crippen LogP contribution in [0, 0.1) is 12.8 Å². The predicted octanol–water partition coefficient (Wildman–Crippen LogP) is 4.09. The molecule has 25 heavy (non-hydrogen) atoms. The first kappa shape index (κ1) is 18.9. The van der Waals surface area contributed by atoms with Crippen LogP contribution < -0.4 is 15.4 Å². The minimum absolute atomic E-state index is 0.146. The van der Waals surface area contributed by atoms with Crippen molar-refractivity contribution in [2.75, 3.05) is 11.9 Å². The van der Waals surface area contributed by atoms with E-state index in [1.165, 1.54) is 0 Å². The minimum atomic E-state index is -0.146. The highest BCUT2D eigenvalue weighted by atomic mass is 32.1. The normalized spacial score (nSPS) is 10.4. The van der Waals surface area contributed by atoms with Gasteiger partial charge in [-0.15, -0.1) is 0 Å². The summed E-state index contributed by atoms with van der Waals surface area (Å²) < 4.78 is 5.78. The van der Waals surface area contributed by atoms with Crippen molar-refractivity contribution >= 4 is 28.9 Å². The van der Waals surface area contributed by atoms with Crippen LogP contribution >= 0.6 is 12.2 Å². The summed E-state index contributed by atoms with van der Waals surface area (Å²) in [5.41, 5.74) is 2.82. The number of anilines is 1. The van der Waals surface area contributed by atoms with Crippen molar-refractivity contribution in [3.05, 3.63) is 59.7 Å². The van der Waals surface area contributed by atoms with Crippen molar-refractivity contribution in [3.63, 3.8) is 0 Å². The zero-order chi connectivity index (χ0) is 18.2. The first-order valence-corrected chi connectivity index (χ1v) is 8.73. The largest absolute Gasteiger partial charge is 0.491 e. The van der Waals surface area contributed by atoms with Crippen LogP contribution in [0.3, 0.4) is 0 Å². The molecule has 0 aliphatic rings. The summed E-state index contributed by atoms with van der Waals surface area (Å²) in [4.78, 5) is 12.2. The van der Waals surface area contributed by atoms with Crippen LogP contribution in [0.2, 0.25) is 0 Å². The van der Waals surface area contributed by atoms with Crippen molar-refractivity contribution in [2.45, 2.75) is 27.2 Å². The molecule has 0 aromatic heterocycles. The fraction of sp³-hybridized carbons (Fsp3) is 0.300. The van der Waals surface area contributed by atoms with E-state index >= 15 is 0 Å². The van der Waals surface area contributed by atoms with Crippen LogP contribution in [0.1, 0.15) is 25.0 Å². The summed E-state index contributed by atoms with van der Waals surface area (Å²) in [6, 6.07) is 15.4. The van der Waals surface area contributed by atoms with Crippen molar-refractivity contribution < 1.29 is 9.53 Å². The molecule has 0 unspecified atom stereocenters. The van der Waals surface area contributed by atoms with Crippen LogP contribution in [0.4, 0.5) is 5.69 Å². The first-order valence-electron chi connectivity index (χ1n) is 8.33. The molecule has 0 bridgehead atoms. The van der Waals surface area contributed by atoms with Crippen LogP contribution in [0.25, 0.3) is 0 Å². The molecule has 5 heteroatoms. The Morgan fingerprint density at radius 1 is 1.12 bits per heavy atom. The van der Waals surface area contributed by atoms with Crippen molar-refractivity contribution in [2.24, 2.45) is 5.92 Å². The van der Waals surface area contributed by atoms with E-state index in [1.54, 1.807) is 0 Å². The van der Waals surface area contributed by atoms with E-state index in [9.17, 15) is 4.79 Å². The Morgan fingerprint density at radius 3 is 2.52 bits per heavy atom. The summed E-state index contributed by atoms with van der Waals surface area (Å²) in [5, 5.41) is 6.03. The maximum Gasteiger partial charge on any atom is 0.230 e. The summed E-state index contributed by atoms with van der Waals surface area (Å²) in [7, 11) is 0. The van der Waals surface area contributed by atoms with Crippen LogP contribution in [-0.4, -0.2) is 17.6 Å². The molecule has 0 aliphatic carbocycles. The van der Waals surface area contributed by atoms with Gasteiger partial charge in [-0.25, -0.2) is 0 Å². The quantitative estimate of drug-likeness (QED) is 0.766. The lowest BCUT2D eigenvalue weighted by atomic mass is 10.1. The highest BCUT2D eigenvalue weighted by Crippen LogP contribution is 2.24. The molecule has 0 aliphatic heterocycles. The van der Waals surface area contributed by atoms with E-state index in [2.05, 4.69) is 24.5 Å². The zero-order valence-electron chi connectivity index (χ0n) is 14.8. The molecule has 0 spiro atoms. The van der Waals surface area contributed by atoms with E-state index in [0.717, 1.165) is 16.8 Å². The Labute approximate surface area is 154 Å². The van der Waals surface area contributed by atoms with E-state index in [1.807, 2.05) is 55.5 Å². The van der Waals surface area contributed by atoms with E-state index < -0.39 is 0 Å². The Bertz CT molecular complexity index is 744. The molecule has 0 saturated carbocycles. The van der Waals surface area contributed by atoms with Gasteiger partial charge in [0.1, 0.15) is 5.75 Å². The van der Waals surface area contributed by atoms with Crippen molar-refractivity contribution in [1.29, 1.82) is 0 Å². The van der Waals surface area contributed by atoms with E-state index in [-0.39, 0.29) is 11.0 Å². The highest BCUT2D eigenvalue weighted by molar-refractivity contribution is 7.80. The second-order valence-corrected chi connectivity index (χ2v) is 6.71. The standard InChI is InChI=1S/C20H24N2O2S/c1-14(2)13-24-18-11-7-6-10-17(18)21-20(25)22-19(23)12-16-9-5-4-8-15(16)3/h4-11,14H,12-13H2,1-3H3,(H2,21,22,23,25). The number of nitrogens with one attached hydrogen (secondary N) is 2. The van der Waals surface area contributed by atoms with Gasteiger partial charge in [-0.3, -0.25) is 4.79 Å². The number of hydrogen-bond donors (Lipinski definition) is 2. The summed E-state index contributed by atoms with van der Waals surface area (Å²) in [5.74, 6) is 0.993. The second kappa shape index (κ2) is 9.18. The molecule has 2 N–H and O–H groups in total. The second-order valence-electron chi connectivity index (χ2n) is 6.31. The van der Waals surface area contributed by atoms with Gasteiger partial charge in [0.05, 0.1) is 18.7 Å². The fourth-order valence-electron chi connectivity index (χ4n) is 2.26. The molecule has 0 radical (unpaired) electrons. The lowest BCUT2D eigenvalue weighted by Gasteiger charge is -2.15. The first-order chi connectivity index (χ1) is 12.0. The number of aryl methyl sites for hydroxylation is 1. The fourth-order valence-corrected chi connectivity index (χ4v) is 2.48. The SMILES string of the molecule is Cc1ccccc1CC(=O)NC(=S)Nc1ccccc1OCC(C)C. The molecule has 2 rings (SSSR count). The number of ether oxygens (including phenoxy) is 1. The highest BCUT2D eigenvalue weighted by Gasteiger charge is 2.10. The lowest BCUT2D eigenvalue weighted by molar-refractivity contribution is -0.119. The van der Waals surface area contributed by atoms with Gasteiger partial charge in [-0.2, -0.15) is 0 Å². The number of hydrogen-bond acceptors (Lipinski definition) is 3. The molecule has 0 fully saturated rings. The number of amides is 1. The van der Waals surface area contributed by atoms with Gasteiger partial charge >= 0.3 is 0 Å². The lowest BCUT2D eigenvalue weighted by Crippen LogP contribution is -2.35. The molecule has 4 nitrogen and oxygen atoms in total. The zero-order valence-corrected chi connectivity index (χ0v) is 15.7. The molecule has 0 atom stereocenters. The van der Waals surface area contributed by atoms with Crippen LogP contribution in [0.15, 0.2) is 48.5 Å². The average molecular weight is 356 g/mol. The van der Waals surface area contributed by atoms with Crippen molar-refractivity contribution in [3.8, 4) is 5.75 Å². The summed E-state index contributed by atoms with van der Waals surface area (Å²) >= 11 is 5.26. The van der Waals surface area contributed by atoms with Gasteiger partial charge < -0.3 is 15.4 Å². The van der Waals surface area contributed by atoms with E-state index in [4.69, 9.17) is 17.0 Å². The van der Waals surface area contributed by atoms with Crippen molar-refractivity contribution in [1.82, 2.24) is 5.32 Å². The van der Waals surface area contributed by atoms with Gasteiger partial charge in [-0.1, -0.05) is 50.2 Å². The third-order valence-corrected chi connectivity index (χ3v) is 3.78. The Hall–Kier alpha value is -2.40. The molecular weight excluding hydrogens is 332 g/mol. The maximum absolute atomic E-state index is 12.2. The smallest absolute Gasteiger partial charge is 0.230 e. The number of benzene rings is 2. The molecule has 0 heterocycles. The molecule has 132 valence electrons. The third kappa shape index (κ3) is 6.19. The maximum atomic E-state index is 12.2.